The summed E-state index contributed by atoms with van der Waals surface area (Å²) < 4.78 is 13.2. The Kier molecular flexibility index (Phi) is 6.97. The number of carbonyl (C=O) groups is 2. The van der Waals surface area contributed by atoms with Gasteiger partial charge in [0.2, 0.25) is 5.91 Å². The number of piperidine rings is 1. The van der Waals surface area contributed by atoms with Crippen LogP contribution >= 0.6 is 11.3 Å². The van der Waals surface area contributed by atoms with E-state index in [1.165, 1.54) is 19.1 Å². The Hall–Kier alpha value is -2.48. The van der Waals surface area contributed by atoms with Crippen molar-refractivity contribution in [3.63, 3.8) is 0 Å². The van der Waals surface area contributed by atoms with Gasteiger partial charge in [-0.3, -0.25) is 4.79 Å². The minimum absolute atomic E-state index is 0.0292. The van der Waals surface area contributed by atoms with Crippen LogP contribution in [0.2, 0.25) is 0 Å². The van der Waals surface area contributed by atoms with Crippen LogP contribution in [0.5, 0.6) is 0 Å². The number of halogens is 1. The molecule has 6 nitrogen and oxygen atoms in total. The van der Waals surface area contributed by atoms with E-state index in [4.69, 9.17) is 4.98 Å². The van der Waals surface area contributed by atoms with Gasteiger partial charge < -0.3 is 15.5 Å². The third-order valence-corrected chi connectivity index (χ3v) is 5.84. The summed E-state index contributed by atoms with van der Waals surface area (Å²) in [6, 6.07) is 6.14. The second kappa shape index (κ2) is 9.64. The summed E-state index contributed by atoms with van der Waals surface area (Å²) in [7, 11) is 0. The molecule has 0 bridgehead atoms. The second-order valence-corrected chi connectivity index (χ2v) is 7.85. The van der Waals surface area contributed by atoms with Crippen LogP contribution in [0.3, 0.4) is 0 Å². The number of urea groups is 1. The molecular formula is C20H25FN4O2S. The fourth-order valence-corrected chi connectivity index (χ4v) is 4.28. The normalized spacial score (nSPS) is 14.7. The van der Waals surface area contributed by atoms with Gasteiger partial charge in [-0.15, -0.1) is 11.3 Å². The minimum atomic E-state index is -0.299. The Morgan fingerprint density at radius 2 is 2.07 bits per heavy atom. The first-order chi connectivity index (χ1) is 13.5. The lowest BCUT2D eigenvalue weighted by atomic mass is 9.98. The number of aromatic nitrogens is 1. The standard InChI is InChI=1S/C20H25FN4O2S/c1-14(26)22-8-5-18-13-28-19(24-18)16-6-9-25(10-7-16)20(27)23-12-15-3-2-4-17(21)11-15/h2-4,11,13,16H,5-10,12H2,1H3,(H,22,26)(H,23,27). The van der Waals surface area contributed by atoms with E-state index in [1.807, 2.05) is 0 Å². The largest absolute Gasteiger partial charge is 0.356 e. The lowest BCUT2D eigenvalue weighted by molar-refractivity contribution is -0.118. The molecule has 0 atom stereocenters. The van der Waals surface area contributed by atoms with E-state index in [2.05, 4.69) is 16.0 Å². The molecule has 1 aliphatic rings. The molecule has 1 aromatic carbocycles. The molecule has 28 heavy (non-hydrogen) atoms. The zero-order chi connectivity index (χ0) is 19.9. The van der Waals surface area contributed by atoms with Crippen molar-refractivity contribution in [3.05, 3.63) is 51.7 Å². The van der Waals surface area contributed by atoms with Gasteiger partial charge in [-0.2, -0.15) is 0 Å². The predicted octanol–water partition coefficient (Wildman–Crippen LogP) is 3.05. The van der Waals surface area contributed by atoms with Crippen LogP contribution in [0.1, 0.15) is 41.9 Å². The highest BCUT2D eigenvalue weighted by molar-refractivity contribution is 7.09. The maximum absolute atomic E-state index is 13.2. The van der Waals surface area contributed by atoms with E-state index >= 15 is 0 Å². The van der Waals surface area contributed by atoms with Crippen molar-refractivity contribution in [2.24, 2.45) is 0 Å². The Morgan fingerprint density at radius 3 is 2.79 bits per heavy atom. The van der Waals surface area contributed by atoms with E-state index in [0.717, 1.165) is 35.5 Å². The zero-order valence-electron chi connectivity index (χ0n) is 15.9. The summed E-state index contributed by atoms with van der Waals surface area (Å²) in [6.45, 7) is 3.79. The van der Waals surface area contributed by atoms with Crippen LogP contribution in [-0.4, -0.2) is 41.5 Å². The van der Waals surface area contributed by atoms with Crippen molar-refractivity contribution < 1.29 is 14.0 Å². The molecule has 2 heterocycles. The van der Waals surface area contributed by atoms with Gasteiger partial charge in [0.15, 0.2) is 0 Å². The molecule has 3 amide bonds. The number of amides is 3. The van der Waals surface area contributed by atoms with Gasteiger partial charge in [0, 0.05) is 50.8 Å². The first-order valence-electron chi connectivity index (χ1n) is 9.47. The van der Waals surface area contributed by atoms with E-state index in [-0.39, 0.29) is 17.8 Å². The van der Waals surface area contributed by atoms with Crippen molar-refractivity contribution >= 4 is 23.3 Å². The minimum Gasteiger partial charge on any atom is -0.356 e. The number of hydrogen-bond acceptors (Lipinski definition) is 4. The third kappa shape index (κ3) is 5.76. The first-order valence-corrected chi connectivity index (χ1v) is 10.3. The lowest BCUT2D eigenvalue weighted by Crippen LogP contribution is -2.43. The first kappa shape index (κ1) is 20.3. The van der Waals surface area contributed by atoms with Gasteiger partial charge in [-0.05, 0) is 30.5 Å². The molecule has 0 saturated carbocycles. The molecule has 3 rings (SSSR count). The fourth-order valence-electron chi connectivity index (χ4n) is 3.26. The number of nitrogens with zero attached hydrogens (tertiary/aromatic N) is 2. The molecule has 1 aromatic heterocycles. The summed E-state index contributed by atoms with van der Waals surface area (Å²) in [4.78, 5) is 29.8. The number of thiazole rings is 1. The average Bonchev–Trinajstić information content (AvgIpc) is 3.15. The van der Waals surface area contributed by atoms with Crippen molar-refractivity contribution in [1.82, 2.24) is 20.5 Å². The van der Waals surface area contributed by atoms with Crippen molar-refractivity contribution in [3.8, 4) is 0 Å². The van der Waals surface area contributed by atoms with E-state index < -0.39 is 0 Å². The molecule has 2 N–H and O–H groups in total. The van der Waals surface area contributed by atoms with Gasteiger partial charge in [0.1, 0.15) is 5.82 Å². The SMILES string of the molecule is CC(=O)NCCc1csc(C2CCN(C(=O)NCc3cccc(F)c3)CC2)n1. The van der Waals surface area contributed by atoms with E-state index in [9.17, 15) is 14.0 Å². The van der Waals surface area contributed by atoms with Crippen LogP contribution in [0, 0.1) is 5.82 Å². The van der Waals surface area contributed by atoms with Gasteiger partial charge in [0.25, 0.3) is 0 Å². The van der Waals surface area contributed by atoms with Crippen molar-refractivity contribution in [2.75, 3.05) is 19.6 Å². The number of carbonyl (C=O) groups excluding carboxylic acids is 2. The lowest BCUT2D eigenvalue weighted by Gasteiger charge is -2.31. The predicted molar refractivity (Wildman–Crippen MR) is 107 cm³/mol. The number of rotatable bonds is 6. The Balaban J connectivity index is 1.43. The highest BCUT2D eigenvalue weighted by atomic mass is 32.1. The number of benzene rings is 1. The molecule has 150 valence electrons. The number of likely N-dealkylation sites (tertiary alicyclic amines) is 1. The van der Waals surface area contributed by atoms with Gasteiger partial charge in [0.05, 0.1) is 10.7 Å². The number of hydrogen-bond donors (Lipinski definition) is 2. The van der Waals surface area contributed by atoms with Crippen molar-refractivity contribution in [2.45, 2.75) is 38.6 Å². The Labute approximate surface area is 168 Å². The molecule has 2 aromatic rings. The maximum Gasteiger partial charge on any atom is 0.317 e. The zero-order valence-corrected chi connectivity index (χ0v) is 16.7. The smallest absolute Gasteiger partial charge is 0.317 e. The van der Waals surface area contributed by atoms with Gasteiger partial charge in [-0.25, -0.2) is 14.2 Å². The Bertz CT molecular complexity index is 818. The topological polar surface area (TPSA) is 74.3 Å². The molecule has 0 unspecified atom stereocenters. The van der Waals surface area contributed by atoms with Crippen LogP contribution in [0.4, 0.5) is 9.18 Å². The van der Waals surface area contributed by atoms with Crippen LogP contribution in [-0.2, 0) is 17.8 Å². The van der Waals surface area contributed by atoms with Crippen LogP contribution < -0.4 is 10.6 Å². The maximum atomic E-state index is 13.2. The highest BCUT2D eigenvalue weighted by Gasteiger charge is 2.25. The van der Waals surface area contributed by atoms with Gasteiger partial charge in [-0.1, -0.05) is 12.1 Å². The molecule has 1 aliphatic heterocycles. The molecule has 0 radical (unpaired) electrons. The molecule has 0 spiro atoms. The molecular weight excluding hydrogens is 379 g/mol. The molecule has 1 fully saturated rings. The summed E-state index contributed by atoms with van der Waals surface area (Å²) >= 11 is 1.66. The average molecular weight is 405 g/mol. The Morgan fingerprint density at radius 1 is 1.29 bits per heavy atom. The highest BCUT2D eigenvalue weighted by Crippen LogP contribution is 2.30. The summed E-state index contributed by atoms with van der Waals surface area (Å²) in [6.07, 6.45) is 2.50. The third-order valence-electron chi connectivity index (χ3n) is 4.79. The van der Waals surface area contributed by atoms with Crippen LogP contribution in [0.25, 0.3) is 0 Å². The van der Waals surface area contributed by atoms with E-state index in [0.29, 0.717) is 32.1 Å². The van der Waals surface area contributed by atoms with E-state index in [1.54, 1.807) is 28.4 Å². The fraction of sp³-hybridized carbons (Fsp3) is 0.450. The molecule has 1 saturated heterocycles. The van der Waals surface area contributed by atoms with Crippen molar-refractivity contribution in [1.29, 1.82) is 0 Å². The van der Waals surface area contributed by atoms with Crippen LogP contribution in [0.15, 0.2) is 29.6 Å². The summed E-state index contributed by atoms with van der Waals surface area (Å²) in [5, 5.41) is 8.80. The van der Waals surface area contributed by atoms with Gasteiger partial charge >= 0.3 is 6.03 Å². The molecule has 8 heteroatoms. The summed E-state index contributed by atoms with van der Waals surface area (Å²) in [5.74, 6) is 0.0396. The second-order valence-electron chi connectivity index (χ2n) is 6.96. The molecule has 0 aliphatic carbocycles. The monoisotopic (exact) mass is 404 g/mol. The summed E-state index contributed by atoms with van der Waals surface area (Å²) in [5.41, 5.74) is 1.75. The quantitative estimate of drug-likeness (QED) is 0.777. The number of nitrogens with one attached hydrogen (secondary N) is 2.